The molecule has 0 bridgehead atoms. The van der Waals surface area contributed by atoms with Crippen LogP contribution < -0.4 is 10.1 Å². The minimum atomic E-state index is -0.386. The van der Waals surface area contributed by atoms with Crippen molar-refractivity contribution in [2.45, 2.75) is 32.7 Å². The van der Waals surface area contributed by atoms with Crippen LogP contribution in [0.25, 0.3) is 6.08 Å². The van der Waals surface area contributed by atoms with Crippen molar-refractivity contribution < 1.29 is 9.53 Å². The predicted octanol–water partition coefficient (Wildman–Crippen LogP) is 4.22. The lowest BCUT2D eigenvalue weighted by Gasteiger charge is -2.18. The number of ether oxygens (including phenoxy) is 1. The SMILES string of the molecule is COc1ccc(CNC(=O)/C(C#N)=C\c2ccc(C(C)(C)C)cc2)cc1. The van der Waals surface area contributed by atoms with Gasteiger partial charge in [-0.2, -0.15) is 5.26 Å². The third-order valence-corrected chi connectivity index (χ3v) is 4.06. The van der Waals surface area contributed by atoms with E-state index < -0.39 is 0 Å². The molecule has 0 aliphatic rings. The molecule has 0 aliphatic carbocycles. The van der Waals surface area contributed by atoms with E-state index >= 15 is 0 Å². The van der Waals surface area contributed by atoms with Crippen molar-refractivity contribution in [2.75, 3.05) is 7.11 Å². The number of nitriles is 1. The molecule has 4 nitrogen and oxygen atoms in total. The van der Waals surface area contributed by atoms with Gasteiger partial charge >= 0.3 is 0 Å². The number of nitrogens with zero attached hydrogens (tertiary/aromatic N) is 1. The first-order valence-electron chi connectivity index (χ1n) is 8.47. The average Bonchev–Trinajstić information content (AvgIpc) is 2.64. The first kappa shape index (κ1) is 19.3. The van der Waals surface area contributed by atoms with Gasteiger partial charge in [0.1, 0.15) is 17.4 Å². The summed E-state index contributed by atoms with van der Waals surface area (Å²) >= 11 is 0. The number of carbonyl (C=O) groups is 1. The van der Waals surface area contributed by atoms with Gasteiger partial charge in [0.05, 0.1) is 7.11 Å². The summed E-state index contributed by atoms with van der Waals surface area (Å²) in [6.07, 6.45) is 1.61. The second kappa shape index (κ2) is 8.35. The highest BCUT2D eigenvalue weighted by molar-refractivity contribution is 6.01. The first-order valence-corrected chi connectivity index (χ1v) is 8.47. The molecular weight excluding hydrogens is 324 g/mol. The molecule has 0 aromatic heterocycles. The molecule has 0 unspecified atom stereocenters. The van der Waals surface area contributed by atoms with Crippen LogP contribution in [0.3, 0.4) is 0 Å². The number of methoxy groups -OCH3 is 1. The summed E-state index contributed by atoms with van der Waals surface area (Å²) in [4.78, 5) is 12.3. The Balaban J connectivity index is 2.05. The molecule has 0 saturated carbocycles. The molecule has 2 rings (SSSR count). The van der Waals surface area contributed by atoms with Crippen molar-refractivity contribution in [2.24, 2.45) is 0 Å². The maximum atomic E-state index is 12.3. The summed E-state index contributed by atoms with van der Waals surface area (Å²) < 4.78 is 5.11. The van der Waals surface area contributed by atoms with Gasteiger partial charge in [0.2, 0.25) is 0 Å². The summed E-state index contributed by atoms with van der Waals surface area (Å²) in [6.45, 7) is 6.78. The Labute approximate surface area is 155 Å². The monoisotopic (exact) mass is 348 g/mol. The van der Waals surface area contributed by atoms with Gasteiger partial charge in [0.15, 0.2) is 0 Å². The molecule has 1 amide bonds. The van der Waals surface area contributed by atoms with Gasteiger partial charge in [-0.15, -0.1) is 0 Å². The average molecular weight is 348 g/mol. The molecule has 1 N–H and O–H groups in total. The Morgan fingerprint density at radius 3 is 2.23 bits per heavy atom. The van der Waals surface area contributed by atoms with Gasteiger partial charge < -0.3 is 10.1 Å². The zero-order chi connectivity index (χ0) is 19.2. The van der Waals surface area contributed by atoms with Crippen LogP contribution >= 0.6 is 0 Å². The topological polar surface area (TPSA) is 62.1 Å². The zero-order valence-corrected chi connectivity index (χ0v) is 15.7. The van der Waals surface area contributed by atoms with E-state index in [1.54, 1.807) is 13.2 Å². The molecule has 0 spiro atoms. The van der Waals surface area contributed by atoms with E-state index in [0.29, 0.717) is 6.54 Å². The fraction of sp³-hybridized carbons (Fsp3) is 0.273. The minimum absolute atomic E-state index is 0.0655. The van der Waals surface area contributed by atoms with Crippen molar-refractivity contribution in [1.29, 1.82) is 5.26 Å². The van der Waals surface area contributed by atoms with E-state index in [4.69, 9.17) is 4.74 Å². The fourth-order valence-corrected chi connectivity index (χ4v) is 2.42. The van der Waals surface area contributed by atoms with Crippen LogP contribution in [-0.2, 0) is 16.8 Å². The Kier molecular flexibility index (Phi) is 6.19. The van der Waals surface area contributed by atoms with E-state index in [1.807, 2.05) is 54.6 Å². The molecule has 0 fully saturated rings. The van der Waals surface area contributed by atoms with Gasteiger partial charge in [0.25, 0.3) is 5.91 Å². The third kappa shape index (κ3) is 5.22. The normalized spacial score (nSPS) is 11.6. The largest absolute Gasteiger partial charge is 0.497 e. The molecule has 0 radical (unpaired) electrons. The molecule has 134 valence electrons. The highest BCUT2D eigenvalue weighted by Crippen LogP contribution is 2.22. The van der Waals surface area contributed by atoms with Crippen molar-refractivity contribution in [3.8, 4) is 11.8 Å². The molecule has 4 heteroatoms. The lowest BCUT2D eigenvalue weighted by molar-refractivity contribution is -0.117. The summed E-state index contributed by atoms with van der Waals surface area (Å²) in [6, 6.07) is 17.3. The highest BCUT2D eigenvalue weighted by Gasteiger charge is 2.13. The highest BCUT2D eigenvalue weighted by atomic mass is 16.5. The molecular formula is C22H24N2O2. The van der Waals surface area contributed by atoms with Crippen LogP contribution in [0.1, 0.15) is 37.5 Å². The Hall–Kier alpha value is -3.06. The van der Waals surface area contributed by atoms with Crippen LogP contribution in [0.4, 0.5) is 0 Å². The lowest BCUT2D eigenvalue weighted by atomic mass is 9.86. The fourth-order valence-electron chi connectivity index (χ4n) is 2.42. The van der Waals surface area contributed by atoms with Crippen LogP contribution in [0.2, 0.25) is 0 Å². The number of carbonyl (C=O) groups excluding carboxylic acids is 1. The Bertz CT molecular complexity index is 820. The van der Waals surface area contributed by atoms with Crippen molar-refractivity contribution in [3.05, 3.63) is 70.8 Å². The molecule has 2 aromatic carbocycles. The quantitative estimate of drug-likeness (QED) is 0.650. The summed E-state index contributed by atoms with van der Waals surface area (Å²) in [5, 5.41) is 12.1. The van der Waals surface area contributed by atoms with Crippen LogP contribution in [0, 0.1) is 11.3 Å². The molecule has 0 heterocycles. The van der Waals surface area contributed by atoms with Gasteiger partial charge in [-0.05, 0) is 40.3 Å². The molecule has 0 saturated heterocycles. The summed E-state index contributed by atoms with van der Waals surface area (Å²) in [7, 11) is 1.61. The van der Waals surface area contributed by atoms with Crippen LogP contribution in [0.5, 0.6) is 5.75 Å². The van der Waals surface area contributed by atoms with Crippen molar-refractivity contribution in [3.63, 3.8) is 0 Å². The summed E-state index contributed by atoms with van der Waals surface area (Å²) in [5.74, 6) is 0.375. The van der Waals surface area contributed by atoms with Crippen molar-refractivity contribution >= 4 is 12.0 Å². The number of nitrogens with one attached hydrogen (secondary N) is 1. The first-order chi connectivity index (χ1) is 12.3. The van der Waals surface area contributed by atoms with Crippen LogP contribution in [0.15, 0.2) is 54.1 Å². The molecule has 0 atom stereocenters. The number of amides is 1. The third-order valence-electron chi connectivity index (χ3n) is 4.06. The number of hydrogen-bond donors (Lipinski definition) is 1. The number of benzene rings is 2. The Morgan fingerprint density at radius 2 is 1.73 bits per heavy atom. The standard InChI is InChI=1S/C22H24N2O2/c1-22(2,3)19-9-5-16(6-10-19)13-18(14-23)21(25)24-15-17-7-11-20(26-4)12-8-17/h5-13H,15H2,1-4H3,(H,24,25)/b18-13-. The van der Waals surface area contributed by atoms with Crippen LogP contribution in [-0.4, -0.2) is 13.0 Å². The second-order valence-electron chi connectivity index (χ2n) is 7.07. The zero-order valence-electron chi connectivity index (χ0n) is 15.7. The minimum Gasteiger partial charge on any atom is -0.497 e. The predicted molar refractivity (Wildman–Crippen MR) is 104 cm³/mol. The van der Waals surface area contributed by atoms with Gasteiger partial charge in [-0.1, -0.05) is 57.2 Å². The number of rotatable bonds is 5. The maximum absolute atomic E-state index is 12.3. The van der Waals surface area contributed by atoms with E-state index in [9.17, 15) is 10.1 Å². The smallest absolute Gasteiger partial charge is 0.262 e. The van der Waals surface area contributed by atoms with Gasteiger partial charge in [-0.25, -0.2) is 0 Å². The molecule has 26 heavy (non-hydrogen) atoms. The summed E-state index contributed by atoms with van der Waals surface area (Å²) in [5.41, 5.74) is 3.12. The molecule has 0 aliphatic heterocycles. The Morgan fingerprint density at radius 1 is 1.12 bits per heavy atom. The van der Waals surface area contributed by atoms with Gasteiger partial charge in [-0.3, -0.25) is 4.79 Å². The second-order valence-corrected chi connectivity index (χ2v) is 7.07. The van der Waals surface area contributed by atoms with Crippen molar-refractivity contribution in [1.82, 2.24) is 5.32 Å². The van der Waals surface area contributed by atoms with E-state index in [2.05, 4.69) is 26.1 Å². The van der Waals surface area contributed by atoms with E-state index in [0.717, 1.165) is 16.9 Å². The van der Waals surface area contributed by atoms with E-state index in [-0.39, 0.29) is 16.9 Å². The number of hydrogen-bond acceptors (Lipinski definition) is 3. The van der Waals surface area contributed by atoms with E-state index in [1.165, 1.54) is 5.56 Å². The maximum Gasteiger partial charge on any atom is 0.262 e. The van der Waals surface area contributed by atoms with Gasteiger partial charge in [0, 0.05) is 6.54 Å². The molecule has 2 aromatic rings. The lowest BCUT2D eigenvalue weighted by Crippen LogP contribution is -2.23.